The number of nitro groups is 1. The highest BCUT2D eigenvalue weighted by Gasteiger charge is 2.28. The molecule has 0 aromatic heterocycles. The number of nitrogens with zero attached hydrogens (tertiary/aromatic N) is 1. The van der Waals surface area contributed by atoms with Crippen LogP contribution >= 0.6 is 11.6 Å². The van der Waals surface area contributed by atoms with Gasteiger partial charge in [-0.1, -0.05) is 18.5 Å². The third-order valence-corrected chi connectivity index (χ3v) is 3.52. The lowest BCUT2D eigenvalue weighted by atomic mass is 9.97. The van der Waals surface area contributed by atoms with E-state index in [2.05, 4.69) is 5.32 Å². The third kappa shape index (κ3) is 3.65. The molecule has 3 N–H and O–H groups in total. The molecule has 1 aromatic carbocycles. The molecule has 0 heterocycles. The molecule has 104 valence electrons. The van der Waals surface area contributed by atoms with Gasteiger partial charge in [-0.05, 0) is 25.0 Å². The van der Waals surface area contributed by atoms with Crippen LogP contribution < -0.4 is 11.1 Å². The number of nitrogens with two attached hydrogens (primary N) is 1. The average molecular weight is 286 g/mol. The number of non-ortho nitro benzene ring substituents is 1. The minimum absolute atomic E-state index is 0.0677. The highest BCUT2D eigenvalue weighted by atomic mass is 35.5. The van der Waals surface area contributed by atoms with E-state index in [1.807, 2.05) is 6.92 Å². The number of benzene rings is 1. The topological polar surface area (TPSA) is 98.3 Å². The van der Waals surface area contributed by atoms with E-state index in [1.54, 1.807) is 13.0 Å². The number of hydrogen-bond donors (Lipinski definition) is 2. The number of hydrogen-bond acceptors (Lipinski definition) is 4. The molecule has 0 saturated heterocycles. The van der Waals surface area contributed by atoms with Crippen LogP contribution in [0, 0.1) is 10.1 Å². The van der Waals surface area contributed by atoms with Crippen LogP contribution in [0.4, 0.5) is 5.69 Å². The summed E-state index contributed by atoms with van der Waals surface area (Å²) in [7, 11) is 0. The van der Waals surface area contributed by atoms with Crippen LogP contribution in [0.2, 0.25) is 5.02 Å². The number of carbonyl (C=O) groups is 1. The van der Waals surface area contributed by atoms with E-state index in [0.717, 1.165) is 0 Å². The van der Waals surface area contributed by atoms with Gasteiger partial charge >= 0.3 is 0 Å². The van der Waals surface area contributed by atoms with E-state index in [0.29, 0.717) is 18.5 Å². The van der Waals surface area contributed by atoms with Crippen LogP contribution in [0.3, 0.4) is 0 Å². The Morgan fingerprint density at radius 2 is 2.21 bits per heavy atom. The normalized spacial score (nSPS) is 13.8. The SMILES string of the molecule is CC[C@@](C)(NCc1ccc([N+](=O)[O-])cc1Cl)C(N)=O. The number of halogens is 1. The van der Waals surface area contributed by atoms with Crippen molar-refractivity contribution >= 4 is 23.2 Å². The van der Waals surface area contributed by atoms with Crippen molar-refractivity contribution < 1.29 is 9.72 Å². The molecule has 0 aliphatic heterocycles. The Kier molecular flexibility index (Phi) is 4.85. The summed E-state index contributed by atoms with van der Waals surface area (Å²) in [6, 6.07) is 4.22. The number of amides is 1. The highest BCUT2D eigenvalue weighted by molar-refractivity contribution is 6.31. The smallest absolute Gasteiger partial charge is 0.270 e. The van der Waals surface area contributed by atoms with Crippen LogP contribution in [0.25, 0.3) is 0 Å². The molecule has 1 amide bonds. The summed E-state index contributed by atoms with van der Waals surface area (Å²) >= 11 is 5.96. The highest BCUT2D eigenvalue weighted by Crippen LogP contribution is 2.23. The Bertz CT molecular complexity index is 507. The molecular weight excluding hydrogens is 270 g/mol. The minimum Gasteiger partial charge on any atom is -0.368 e. The van der Waals surface area contributed by atoms with E-state index < -0.39 is 16.4 Å². The van der Waals surface area contributed by atoms with Crippen molar-refractivity contribution in [3.8, 4) is 0 Å². The zero-order valence-electron chi connectivity index (χ0n) is 10.8. The molecule has 1 aromatic rings. The fraction of sp³-hybridized carbons (Fsp3) is 0.417. The average Bonchev–Trinajstić information content (AvgIpc) is 2.36. The third-order valence-electron chi connectivity index (χ3n) is 3.17. The summed E-state index contributed by atoms with van der Waals surface area (Å²) in [5.41, 5.74) is 5.10. The number of carbonyl (C=O) groups excluding carboxylic acids is 1. The predicted octanol–water partition coefficient (Wildman–Crippen LogP) is 1.99. The Labute approximate surface area is 116 Å². The van der Waals surface area contributed by atoms with E-state index in [9.17, 15) is 14.9 Å². The van der Waals surface area contributed by atoms with Gasteiger partial charge in [0.15, 0.2) is 0 Å². The van der Waals surface area contributed by atoms with Crippen molar-refractivity contribution in [2.75, 3.05) is 0 Å². The van der Waals surface area contributed by atoms with Crippen molar-refractivity contribution in [1.82, 2.24) is 5.32 Å². The lowest BCUT2D eigenvalue weighted by Gasteiger charge is -2.26. The van der Waals surface area contributed by atoms with E-state index in [1.165, 1.54) is 12.1 Å². The van der Waals surface area contributed by atoms with E-state index >= 15 is 0 Å². The molecule has 1 atom stereocenters. The summed E-state index contributed by atoms with van der Waals surface area (Å²) in [5, 5.41) is 13.9. The van der Waals surface area contributed by atoms with Gasteiger partial charge < -0.3 is 5.73 Å². The number of nitro benzene ring substituents is 1. The Morgan fingerprint density at radius 3 is 2.63 bits per heavy atom. The molecule has 0 spiro atoms. The monoisotopic (exact) mass is 285 g/mol. The second-order valence-electron chi connectivity index (χ2n) is 4.44. The zero-order chi connectivity index (χ0) is 14.6. The molecule has 0 aliphatic rings. The zero-order valence-corrected chi connectivity index (χ0v) is 11.5. The maximum atomic E-state index is 11.3. The summed E-state index contributed by atoms with van der Waals surface area (Å²) in [4.78, 5) is 21.4. The summed E-state index contributed by atoms with van der Waals surface area (Å²) in [6.07, 6.45) is 0.535. The largest absolute Gasteiger partial charge is 0.368 e. The van der Waals surface area contributed by atoms with Crippen molar-refractivity contribution in [2.45, 2.75) is 32.4 Å². The van der Waals surface area contributed by atoms with Crippen LogP contribution in [0.5, 0.6) is 0 Å². The van der Waals surface area contributed by atoms with Crippen LogP contribution in [-0.2, 0) is 11.3 Å². The molecule has 0 aliphatic carbocycles. The van der Waals surface area contributed by atoms with Crippen molar-refractivity contribution in [3.05, 3.63) is 38.9 Å². The van der Waals surface area contributed by atoms with Gasteiger partial charge in [-0.3, -0.25) is 20.2 Å². The molecule has 0 radical (unpaired) electrons. The second kappa shape index (κ2) is 5.99. The number of nitrogens with one attached hydrogen (secondary N) is 1. The molecule has 19 heavy (non-hydrogen) atoms. The molecule has 0 bridgehead atoms. The van der Waals surface area contributed by atoms with E-state index in [4.69, 9.17) is 17.3 Å². The van der Waals surface area contributed by atoms with Crippen molar-refractivity contribution in [1.29, 1.82) is 0 Å². The van der Waals surface area contributed by atoms with Gasteiger partial charge in [-0.2, -0.15) is 0 Å². The lowest BCUT2D eigenvalue weighted by Crippen LogP contribution is -2.52. The first-order valence-corrected chi connectivity index (χ1v) is 6.15. The summed E-state index contributed by atoms with van der Waals surface area (Å²) < 4.78 is 0. The van der Waals surface area contributed by atoms with Gasteiger partial charge in [0.25, 0.3) is 5.69 Å². The molecule has 6 nitrogen and oxygen atoms in total. The van der Waals surface area contributed by atoms with Crippen LogP contribution in [-0.4, -0.2) is 16.4 Å². The quantitative estimate of drug-likeness (QED) is 0.617. The maximum absolute atomic E-state index is 11.3. The first kappa shape index (κ1) is 15.4. The lowest BCUT2D eigenvalue weighted by molar-refractivity contribution is -0.384. The molecule has 0 fully saturated rings. The molecule has 7 heteroatoms. The molecule has 0 unspecified atom stereocenters. The van der Waals surface area contributed by atoms with Crippen LogP contribution in [0.15, 0.2) is 18.2 Å². The van der Waals surface area contributed by atoms with E-state index in [-0.39, 0.29) is 10.7 Å². The number of primary amides is 1. The fourth-order valence-corrected chi connectivity index (χ4v) is 1.71. The van der Waals surface area contributed by atoms with Gasteiger partial charge in [0, 0.05) is 18.7 Å². The minimum atomic E-state index is -0.828. The Morgan fingerprint density at radius 1 is 1.58 bits per heavy atom. The number of rotatable bonds is 6. The first-order chi connectivity index (χ1) is 8.80. The molecule has 1 rings (SSSR count). The van der Waals surface area contributed by atoms with Gasteiger partial charge in [0.05, 0.1) is 15.5 Å². The first-order valence-electron chi connectivity index (χ1n) is 5.78. The Balaban J connectivity index is 2.84. The van der Waals surface area contributed by atoms with Gasteiger partial charge in [0.1, 0.15) is 0 Å². The maximum Gasteiger partial charge on any atom is 0.270 e. The predicted molar refractivity (Wildman–Crippen MR) is 72.8 cm³/mol. The molecule has 0 saturated carbocycles. The van der Waals surface area contributed by atoms with Crippen LogP contribution in [0.1, 0.15) is 25.8 Å². The van der Waals surface area contributed by atoms with Gasteiger partial charge in [0.2, 0.25) is 5.91 Å². The van der Waals surface area contributed by atoms with Crippen molar-refractivity contribution in [3.63, 3.8) is 0 Å². The standard InChI is InChI=1S/C12H16ClN3O3/c1-3-12(2,11(14)17)15-7-8-4-5-9(16(18)19)6-10(8)13/h4-6,15H,3,7H2,1-2H3,(H2,14,17)/t12-/m1/s1. The summed E-state index contributed by atoms with van der Waals surface area (Å²) in [6.45, 7) is 3.86. The Hall–Kier alpha value is -1.66. The molecular formula is C12H16ClN3O3. The van der Waals surface area contributed by atoms with Gasteiger partial charge in [-0.25, -0.2) is 0 Å². The van der Waals surface area contributed by atoms with Gasteiger partial charge in [-0.15, -0.1) is 0 Å². The second-order valence-corrected chi connectivity index (χ2v) is 4.84. The fourth-order valence-electron chi connectivity index (χ4n) is 1.47. The van der Waals surface area contributed by atoms with Crippen molar-refractivity contribution in [2.24, 2.45) is 5.73 Å². The summed E-state index contributed by atoms with van der Waals surface area (Å²) in [5.74, 6) is -0.451.